The highest BCUT2D eigenvalue weighted by atomic mass is 35.5. The number of rotatable bonds is 5. The molecule has 1 amide bonds. The third-order valence-corrected chi connectivity index (χ3v) is 8.98. The molecule has 1 N–H and O–H groups in total. The number of benzene rings is 2. The second kappa shape index (κ2) is 9.94. The summed E-state index contributed by atoms with van der Waals surface area (Å²) in [6, 6.07) is 10.8. The summed E-state index contributed by atoms with van der Waals surface area (Å²) >= 11 is 6.28. The number of aryl methyl sites for hydroxylation is 2. The van der Waals surface area contributed by atoms with Crippen LogP contribution in [0.15, 0.2) is 41.3 Å². The minimum Gasteiger partial charge on any atom is -0.346 e. The molecule has 2 aromatic carbocycles. The van der Waals surface area contributed by atoms with E-state index in [1.54, 1.807) is 6.07 Å². The van der Waals surface area contributed by atoms with Gasteiger partial charge in [0.15, 0.2) is 0 Å². The number of carbonyl (C=O) groups is 1. The van der Waals surface area contributed by atoms with Crippen molar-refractivity contribution in [1.29, 1.82) is 0 Å². The lowest BCUT2D eigenvalue weighted by Gasteiger charge is -2.22. The monoisotopic (exact) mass is 474 g/mol. The largest absolute Gasteiger partial charge is 0.346 e. The molecule has 7 heteroatoms. The van der Waals surface area contributed by atoms with Crippen LogP contribution >= 0.6 is 11.6 Å². The molecule has 1 saturated heterocycles. The summed E-state index contributed by atoms with van der Waals surface area (Å²) in [6.07, 6.45) is 8.39. The molecule has 172 valence electrons. The fraction of sp³-hybridized carbons (Fsp3) is 0.480. The Morgan fingerprint density at radius 3 is 2.34 bits per heavy atom. The normalized spacial score (nSPS) is 18.4. The zero-order chi connectivity index (χ0) is 22.7. The van der Waals surface area contributed by atoms with Gasteiger partial charge in [-0.3, -0.25) is 4.79 Å². The molecule has 0 aromatic heterocycles. The Hall–Kier alpha value is -1.89. The molecule has 2 aliphatic rings. The van der Waals surface area contributed by atoms with Crippen LogP contribution < -0.4 is 5.32 Å². The SMILES string of the molecule is C[C@@H](NC(=O)c1ccc(Cl)c(S(=O)(=O)N2CCCCCC2)c1)c1ccc2c(c1)CCCC2. The van der Waals surface area contributed by atoms with Gasteiger partial charge in [0.2, 0.25) is 10.0 Å². The van der Waals surface area contributed by atoms with E-state index in [9.17, 15) is 13.2 Å². The van der Waals surface area contributed by atoms with Crippen molar-refractivity contribution in [2.45, 2.75) is 69.2 Å². The molecular weight excluding hydrogens is 444 g/mol. The molecule has 0 saturated carbocycles. The maximum atomic E-state index is 13.2. The van der Waals surface area contributed by atoms with Crippen molar-refractivity contribution in [3.63, 3.8) is 0 Å². The lowest BCUT2D eigenvalue weighted by Crippen LogP contribution is -2.32. The Morgan fingerprint density at radius 1 is 0.938 bits per heavy atom. The van der Waals surface area contributed by atoms with E-state index >= 15 is 0 Å². The topological polar surface area (TPSA) is 66.5 Å². The van der Waals surface area contributed by atoms with E-state index < -0.39 is 10.0 Å². The van der Waals surface area contributed by atoms with E-state index in [0.29, 0.717) is 18.7 Å². The highest BCUT2D eigenvalue weighted by molar-refractivity contribution is 7.89. The van der Waals surface area contributed by atoms with E-state index in [0.717, 1.165) is 44.1 Å². The summed E-state index contributed by atoms with van der Waals surface area (Å²) in [5.74, 6) is -0.306. The zero-order valence-electron chi connectivity index (χ0n) is 18.6. The predicted octanol–water partition coefficient (Wildman–Crippen LogP) is 5.27. The quantitative estimate of drug-likeness (QED) is 0.641. The first-order valence-corrected chi connectivity index (χ1v) is 13.4. The summed E-state index contributed by atoms with van der Waals surface area (Å²) in [7, 11) is -3.74. The standard InChI is InChI=1S/C25H31ClN2O3S/c1-18(20-11-10-19-8-4-5-9-21(19)16-20)27-25(29)22-12-13-23(26)24(17-22)32(30,31)28-14-6-2-3-7-15-28/h10-13,16-18H,2-9,14-15H2,1H3,(H,27,29)/t18-/m1/s1. The number of hydrogen-bond donors (Lipinski definition) is 1. The lowest BCUT2D eigenvalue weighted by molar-refractivity contribution is 0.0939. The Labute approximate surface area is 196 Å². The highest BCUT2D eigenvalue weighted by Gasteiger charge is 2.28. The van der Waals surface area contributed by atoms with Crippen molar-refractivity contribution in [3.05, 3.63) is 63.7 Å². The number of sulfonamides is 1. The Morgan fingerprint density at radius 2 is 1.62 bits per heavy atom. The second-order valence-corrected chi connectivity index (χ2v) is 11.2. The molecule has 1 heterocycles. The molecule has 0 unspecified atom stereocenters. The number of fused-ring (bicyclic) bond motifs is 1. The predicted molar refractivity (Wildman–Crippen MR) is 128 cm³/mol. The van der Waals surface area contributed by atoms with Gasteiger partial charge < -0.3 is 5.32 Å². The maximum absolute atomic E-state index is 13.2. The summed E-state index contributed by atoms with van der Waals surface area (Å²) in [5, 5.41) is 3.16. The Bertz CT molecular complexity index is 1090. The van der Waals surface area contributed by atoms with Crippen molar-refractivity contribution in [2.24, 2.45) is 0 Å². The van der Waals surface area contributed by atoms with Crippen LogP contribution in [0.25, 0.3) is 0 Å². The number of amides is 1. The van der Waals surface area contributed by atoms with Crippen LogP contribution in [-0.2, 0) is 22.9 Å². The first kappa shape index (κ1) is 23.3. The van der Waals surface area contributed by atoms with Crippen LogP contribution in [0.2, 0.25) is 5.02 Å². The molecule has 1 aliphatic carbocycles. The smallest absolute Gasteiger partial charge is 0.251 e. The van der Waals surface area contributed by atoms with Crippen LogP contribution in [0, 0.1) is 0 Å². The molecule has 1 atom stereocenters. The number of hydrogen-bond acceptors (Lipinski definition) is 3. The van der Waals surface area contributed by atoms with Crippen molar-refractivity contribution in [1.82, 2.24) is 9.62 Å². The summed E-state index contributed by atoms with van der Waals surface area (Å²) in [5.41, 5.74) is 4.13. The molecule has 0 spiro atoms. The van der Waals surface area contributed by atoms with E-state index in [2.05, 4.69) is 23.5 Å². The number of halogens is 1. The van der Waals surface area contributed by atoms with Crippen LogP contribution in [0.5, 0.6) is 0 Å². The number of nitrogens with one attached hydrogen (secondary N) is 1. The summed E-state index contributed by atoms with van der Waals surface area (Å²) in [4.78, 5) is 13.0. The summed E-state index contributed by atoms with van der Waals surface area (Å²) < 4.78 is 27.9. The van der Waals surface area contributed by atoms with Crippen LogP contribution in [0.4, 0.5) is 0 Å². The third kappa shape index (κ3) is 5.03. The van der Waals surface area contributed by atoms with E-state index in [1.165, 1.54) is 40.4 Å². The number of nitrogens with zero attached hydrogens (tertiary/aromatic N) is 1. The second-order valence-electron chi connectivity index (χ2n) is 8.89. The molecule has 4 rings (SSSR count). The lowest BCUT2D eigenvalue weighted by atomic mass is 9.89. The molecule has 2 aromatic rings. The van der Waals surface area contributed by atoms with E-state index in [-0.39, 0.29) is 21.9 Å². The minimum absolute atomic E-state index is 0.00940. The molecule has 5 nitrogen and oxygen atoms in total. The van der Waals surface area contributed by atoms with Gasteiger partial charge in [0, 0.05) is 18.7 Å². The van der Waals surface area contributed by atoms with Crippen molar-refractivity contribution in [2.75, 3.05) is 13.1 Å². The first-order valence-electron chi connectivity index (χ1n) is 11.6. The van der Waals surface area contributed by atoms with Gasteiger partial charge in [-0.15, -0.1) is 0 Å². The molecule has 1 fully saturated rings. The summed E-state index contributed by atoms with van der Waals surface area (Å²) in [6.45, 7) is 2.93. The fourth-order valence-corrected chi connectivity index (χ4v) is 6.67. The van der Waals surface area contributed by atoms with Gasteiger partial charge in [-0.25, -0.2) is 8.42 Å². The Kier molecular flexibility index (Phi) is 7.23. The van der Waals surface area contributed by atoms with Gasteiger partial charge >= 0.3 is 0 Å². The molecule has 1 aliphatic heterocycles. The number of carbonyl (C=O) groups excluding carboxylic acids is 1. The zero-order valence-corrected chi connectivity index (χ0v) is 20.1. The molecule has 32 heavy (non-hydrogen) atoms. The Balaban J connectivity index is 1.53. The van der Waals surface area contributed by atoms with Gasteiger partial charge in [0.1, 0.15) is 4.90 Å². The maximum Gasteiger partial charge on any atom is 0.251 e. The fourth-order valence-electron chi connectivity index (χ4n) is 4.65. The average molecular weight is 475 g/mol. The van der Waals surface area contributed by atoms with Crippen LogP contribution in [-0.4, -0.2) is 31.7 Å². The van der Waals surface area contributed by atoms with Gasteiger partial charge in [-0.1, -0.05) is 42.6 Å². The van der Waals surface area contributed by atoms with E-state index in [1.807, 2.05) is 6.92 Å². The van der Waals surface area contributed by atoms with Crippen LogP contribution in [0.1, 0.15) is 78.5 Å². The first-order chi connectivity index (χ1) is 15.4. The minimum atomic E-state index is -3.74. The van der Waals surface area contributed by atoms with Crippen molar-refractivity contribution >= 4 is 27.5 Å². The average Bonchev–Trinajstić information content (AvgIpc) is 3.09. The van der Waals surface area contributed by atoms with Crippen LogP contribution in [0.3, 0.4) is 0 Å². The van der Waals surface area contributed by atoms with Gasteiger partial charge in [-0.05, 0) is 80.3 Å². The van der Waals surface area contributed by atoms with Gasteiger partial charge in [0.05, 0.1) is 11.1 Å². The third-order valence-electron chi connectivity index (χ3n) is 6.60. The van der Waals surface area contributed by atoms with Crippen molar-refractivity contribution in [3.8, 4) is 0 Å². The van der Waals surface area contributed by atoms with Gasteiger partial charge in [-0.2, -0.15) is 4.31 Å². The van der Waals surface area contributed by atoms with E-state index in [4.69, 9.17) is 11.6 Å². The molecule has 0 bridgehead atoms. The van der Waals surface area contributed by atoms with Gasteiger partial charge in [0.25, 0.3) is 5.91 Å². The van der Waals surface area contributed by atoms with Crippen molar-refractivity contribution < 1.29 is 13.2 Å². The molecular formula is C25H31ClN2O3S. The highest BCUT2D eigenvalue weighted by Crippen LogP contribution is 2.29. The molecule has 0 radical (unpaired) electrons.